The van der Waals surface area contributed by atoms with Crippen molar-refractivity contribution in [3.05, 3.63) is 60.2 Å². The summed E-state index contributed by atoms with van der Waals surface area (Å²) in [6.07, 6.45) is 0.627. The van der Waals surface area contributed by atoms with Crippen LogP contribution in [0.3, 0.4) is 0 Å². The number of carbonyl (C=O) groups excluding carboxylic acids is 4. The number of carbonyl (C=O) groups is 4. The Hall–Kier alpha value is -3.68. The number of hydrogen-bond acceptors (Lipinski definition) is 5. The van der Waals surface area contributed by atoms with Gasteiger partial charge in [-0.15, -0.1) is 0 Å². The van der Waals surface area contributed by atoms with E-state index in [0.29, 0.717) is 17.9 Å². The van der Waals surface area contributed by atoms with Crippen molar-refractivity contribution in [3.8, 4) is 5.75 Å². The number of nitrogens with zero attached hydrogens (tertiary/aromatic N) is 3. The summed E-state index contributed by atoms with van der Waals surface area (Å²) in [6.45, 7) is 0.219. The molecule has 0 unspecified atom stereocenters. The van der Waals surface area contributed by atoms with Crippen LogP contribution in [0.25, 0.3) is 0 Å². The molecule has 2 saturated heterocycles. The number of benzene rings is 2. The van der Waals surface area contributed by atoms with Crippen LogP contribution in [0.1, 0.15) is 12.0 Å². The molecule has 0 radical (unpaired) electrons. The first-order chi connectivity index (χ1) is 15.5. The molecule has 0 N–H and O–H groups in total. The fourth-order valence-corrected chi connectivity index (χ4v) is 4.13. The molecule has 0 spiro atoms. The van der Waals surface area contributed by atoms with Gasteiger partial charge in [0.2, 0.25) is 23.6 Å². The van der Waals surface area contributed by atoms with Gasteiger partial charge in [0, 0.05) is 25.2 Å². The van der Waals surface area contributed by atoms with E-state index in [1.165, 1.54) is 9.80 Å². The Morgan fingerprint density at radius 2 is 1.59 bits per heavy atom. The lowest BCUT2D eigenvalue weighted by atomic mass is 10.1. The first-order valence-electron chi connectivity index (χ1n) is 10.6. The van der Waals surface area contributed by atoms with E-state index in [1.54, 1.807) is 36.3 Å². The summed E-state index contributed by atoms with van der Waals surface area (Å²) in [6, 6.07) is 16.7. The van der Waals surface area contributed by atoms with Gasteiger partial charge in [0.15, 0.2) is 0 Å². The number of hydrogen-bond donors (Lipinski definition) is 0. The number of ether oxygens (including phenoxy) is 1. The largest absolute Gasteiger partial charge is 0.497 e. The van der Waals surface area contributed by atoms with E-state index in [4.69, 9.17) is 4.74 Å². The van der Waals surface area contributed by atoms with Crippen LogP contribution in [0.4, 0.5) is 5.69 Å². The molecule has 8 nitrogen and oxygen atoms in total. The number of methoxy groups -OCH3 is 1. The minimum absolute atomic E-state index is 0.0570. The third-order valence-electron chi connectivity index (χ3n) is 5.89. The van der Waals surface area contributed by atoms with E-state index in [9.17, 15) is 19.2 Å². The number of piperazine rings is 1. The topological polar surface area (TPSA) is 87.2 Å². The average molecular weight is 435 g/mol. The molecule has 0 aliphatic carbocycles. The van der Waals surface area contributed by atoms with E-state index in [2.05, 4.69) is 0 Å². The molecule has 2 fully saturated rings. The highest BCUT2D eigenvalue weighted by Crippen LogP contribution is 2.28. The van der Waals surface area contributed by atoms with E-state index in [0.717, 1.165) is 5.56 Å². The number of imide groups is 1. The lowest BCUT2D eigenvalue weighted by Gasteiger charge is -2.33. The van der Waals surface area contributed by atoms with Crippen LogP contribution in [0.5, 0.6) is 5.75 Å². The fourth-order valence-electron chi connectivity index (χ4n) is 4.13. The van der Waals surface area contributed by atoms with Gasteiger partial charge in [-0.2, -0.15) is 0 Å². The van der Waals surface area contributed by atoms with Gasteiger partial charge in [-0.3, -0.25) is 24.1 Å². The van der Waals surface area contributed by atoms with Crippen molar-refractivity contribution in [2.45, 2.75) is 12.8 Å². The maximum Gasteiger partial charge on any atom is 0.248 e. The SMILES string of the molecule is COc1ccc(N2C[C@@H](C(=O)N3CC(=O)N(CCc4ccccc4)C(=O)C3)CC2=O)cc1. The van der Waals surface area contributed by atoms with Gasteiger partial charge in [0.05, 0.1) is 13.0 Å². The van der Waals surface area contributed by atoms with Crippen LogP contribution in [0.2, 0.25) is 0 Å². The standard InChI is InChI=1S/C24H25N3O5/c1-32-20-9-7-19(8-10-20)27-14-18(13-21(27)28)24(31)25-15-22(29)26(23(30)16-25)12-11-17-5-3-2-4-6-17/h2-10,18H,11-16H2,1H3/t18-/m0/s1. The van der Waals surface area contributed by atoms with Crippen LogP contribution >= 0.6 is 0 Å². The van der Waals surface area contributed by atoms with Crippen molar-refractivity contribution < 1.29 is 23.9 Å². The first-order valence-corrected chi connectivity index (χ1v) is 10.6. The average Bonchev–Trinajstić information content (AvgIpc) is 3.20. The second-order valence-electron chi connectivity index (χ2n) is 7.97. The Labute approximate surface area is 186 Å². The molecule has 32 heavy (non-hydrogen) atoms. The van der Waals surface area contributed by atoms with Crippen LogP contribution in [-0.4, -0.2) is 66.7 Å². The molecular formula is C24H25N3O5. The van der Waals surface area contributed by atoms with Gasteiger partial charge in [-0.05, 0) is 36.2 Å². The molecule has 0 bridgehead atoms. The third kappa shape index (κ3) is 4.49. The van der Waals surface area contributed by atoms with Gasteiger partial charge < -0.3 is 14.5 Å². The highest BCUT2D eigenvalue weighted by Gasteiger charge is 2.41. The summed E-state index contributed by atoms with van der Waals surface area (Å²) in [4.78, 5) is 54.7. The predicted octanol–water partition coefficient (Wildman–Crippen LogP) is 1.49. The van der Waals surface area contributed by atoms with Gasteiger partial charge in [0.25, 0.3) is 0 Å². The molecule has 2 aromatic carbocycles. The number of rotatable bonds is 6. The molecule has 4 amide bonds. The lowest BCUT2D eigenvalue weighted by Crippen LogP contribution is -2.57. The van der Waals surface area contributed by atoms with E-state index in [-0.39, 0.29) is 56.2 Å². The van der Waals surface area contributed by atoms with Crippen molar-refractivity contribution in [1.29, 1.82) is 0 Å². The van der Waals surface area contributed by atoms with Crippen molar-refractivity contribution in [3.63, 3.8) is 0 Å². The molecule has 2 aliphatic heterocycles. The number of anilines is 1. The zero-order valence-electron chi connectivity index (χ0n) is 17.9. The number of amides is 4. The molecule has 4 rings (SSSR count). The lowest BCUT2D eigenvalue weighted by molar-refractivity contribution is -0.157. The molecule has 1 atom stereocenters. The Balaban J connectivity index is 1.36. The molecule has 0 aromatic heterocycles. The van der Waals surface area contributed by atoms with Gasteiger partial charge >= 0.3 is 0 Å². The Morgan fingerprint density at radius 1 is 0.938 bits per heavy atom. The normalized spacial score (nSPS) is 19.0. The van der Waals surface area contributed by atoms with Crippen LogP contribution in [0, 0.1) is 5.92 Å². The van der Waals surface area contributed by atoms with Crippen LogP contribution in [0.15, 0.2) is 54.6 Å². The van der Waals surface area contributed by atoms with Crippen LogP contribution < -0.4 is 9.64 Å². The smallest absolute Gasteiger partial charge is 0.248 e. The predicted molar refractivity (Wildman–Crippen MR) is 117 cm³/mol. The van der Waals surface area contributed by atoms with Crippen molar-refractivity contribution in [2.75, 3.05) is 38.2 Å². The first kappa shape index (κ1) is 21.5. The van der Waals surface area contributed by atoms with Gasteiger partial charge in [-0.1, -0.05) is 30.3 Å². The summed E-state index contributed by atoms with van der Waals surface area (Å²) in [5.74, 6) is -1.17. The third-order valence-corrected chi connectivity index (χ3v) is 5.89. The molecule has 2 heterocycles. The van der Waals surface area contributed by atoms with Gasteiger partial charge in [-0.25, -0.2) is 0 Å². The van der Waals surface area contributed by atoms with Gasteiger partial charge in [0.1, 0.15) is 18.8 Å². The Kier molecular flexibility index (Phi) is 6.20. The van der Waals surface area contributed by atoms with Crippen molar-refractivity contribution in [2.24, 2.45) is 5.92 Å². The summed E-state index contributed by atoms with van der Waals surface area (Å²) in [5, 5.41) is 0. The minimum atomic E-state index is -0.582. The molecular weight excluding hydrogens is 410 g/mol. The summed E-state index contributed by atoms with van der Waals surface area (Å²) < 4.78 is 5.14. The molecule has 2 aromatic rings. The van der Waals surface area contributed by atoms with Crippen molar-refractivity contribution in [1.82, 2.24) is 9.80 Å². The Morgan fingerprint density at radius 3 is 2.22 bits per heavy atom. The molecule has 166 valence electrons. The zero-order chi connectivity index (χ0) is 22.7. The molecule has 8 heteroatoms. The minimum Gasteiger partial charge on any atom is -0.497 e. The quantitative estimate of drug-likeness (QED) is 0.642. The highest BCUT2D eigenvalue weighted by molar-refractivity contribution is 6.05. The van der Waals surface area contributed by atoms with Crippen LogP contribution in [-0.2, 0) is 25.6 Å². The van der Waals surface area contributed by atoms with E-state index in [1.807, 2.05) is 30.3 Å². The maximum absolute atomic E-state index is 13.0. The summed E-state index contributed by atoms with van der Waals surface area (Å²) in [5.41, 5.74) is 1.72. The summed E-state index contributed by atoms with van der Waals surface area (Å²) in [7, 11) is 1.56. The molecule has 2 aliphatic rings. The second-order valence-corrected chi connectivity index (χ2v) is 7.97. The highest BCUT2D eigenvalue weighted by atomic mass is 16.5. The maximum atomic E-state index is 13.0. The van der Waals surface area contributed by atoms with Crippen molar-refractivity contribution >= 4 is 29.3 Å². The van der Waals surface area contributed by atoms with E-state index >= 15 is 0 Å². The second kappa shape index (κ2) is 9.21. The molecule has 0 saturated carbocycles. The van der Waals surface area contributed by atoms with E-state index < -0.39 is 5.92 Å². The monoisotopic (exact) mass is 435 g/mol. The Bertz CT molecular complexity index is 1000. The summed E-state index contributed by atoms with van der Waals surface area (Å²) >= 11 is 0. The fraction of sp³-hybridized carbons (Fsp3) is 0.333. The zero-order valence-corrected chi connectivity index (χ0v) is 17.9.